The van der Waals surface area contributed by atoms with Gasteiger partial charge in [0, 0.05) is 12.5 Å². The Balaban J connectivity index is 1.60. The molecule has 2 unspecified atom stereocenters. The molecule has 4 heteroatoms. The fourth-order valence-electron chi connectivity index (χ4n) is 3.77. The third-order valence-corrected chi connectivity index (χ3v) is 5.38. The molecule has 2 atom stereocenters. The SMILES string of the molecule is CC1CCN(CCCNC(=O)C2CCCCC2CN)CC1. The lowest BCUT2D eigenvalue weighted by atomic mass is 9.79. The highest BCUT2D eigenvalue weighted by Gasteiger charge is 2.29. The van der Waals surface area contributed by atoms with Gasteiger partial charge in [0.25, 0.3) is 0 Å². The molecular formula is C17H33N3O. The van der Waals surface area contributed by atoms with E-state index in [2.05, 4.69) is 17.1 Å². The van der Waals surface area contributed by atoms with E-state index in [1.54, 1.807) is 0 Å². The summed E-state index contributed by atoms with van der Waals surface area (Å²) in [5, 5.41) is 3.14. The van der Waals surface area contributed by atoms with E-state index in [1.807, 2.05) is 0 Å². The second-order valence-corrected chi connectivity index (χ2v) is 7.06. The highest BCUT2D eigenvalue weighted by atomic mass is 16.1. The number of likely N-dealkylation sites (tertiary alicyclic amines) is 1. The van der Waals surface area contributed by atoms with Crippen LogP contribution in [0.1, 0.15) is 51.9 Å². The predicted molar refractivity (Wildman–Crippen MR) is 87.0 cm³/mol. The molecule has 4 nitrogen and oxygen atoms in total. The summed E-state index contributed by atoms with van der Waals surface area (Å²) in [5.41, 5.74) is 5.81. The zero-order valence-corrected chi connectivity index (χ0v) is 13.7. The summed E-state index contributed by atoms with van der Waals surface area (Å²) in [6.45, 7) is 7.40. The quantitative estimate of drug-likeness (QED) is 0.737. The minimum atomic E-state index is 0.166. The van der Waals surface area contributed by atoms with Crippen molar-refractivity contribution in [2.75, 3.05) is 32.7 Å². The van der Waals surface area contributed by atoms with Crippen LogP contribution >= 0.6 is 0 Å². The number of carbonyl (C=O) groups is 1. The zero-order chi connectivity index (χ0) is 15.1. The average Bonchev–Trinajstić information content (AvgIpc) is 2.53. The molecule has 1 amide bonds. The summed E-state index contributed by atoms with van der Waals surface area (Å²) in [4.78, 5) is 14.8. The number of nitrogens with two attached hydrogens (primary N) is 1. The van der Waals surface area contributed by atoms with E-state index in [0.717, 1.165) is 38.3 Å². The molecule has 2 fully saturated rings. The Morgan fingerprint density at radius 3 is 2.62 bits per heavy atom. The maximum atomic E-state index is 12.3. The topological polar surface area (TPSA) is 58.4 Å². The molecule has 0 radical (unpaired) electrons. The highest BCUT2D eigenvalue weighted by Crippen LogP contribution is 2.29. The van der Waals surface area contributed by atoms with E-state index in [4.69, 9.17) is 5.73 Å². The van der Waals surface area contributed by atoms with Crippen LogP contribution in [-0.2, 0) is 4.79 Å². The molecule has 1 saturated carbocycles. The van der Waals surface area contributed by atoms with Crippen LogP contribution in [0, 0.1) is 17.8 Å². The summed E-state index contributed by atoms with van der Waals surface area (Å²) in [5.74, 6) is 1.71. The Kier molecular flexibility index (Phi) is 6.97. The van der Waals surface area contributed by atoms with Gasteiger partial charge in [-0.1, -0.05) is 19.8 Å². The summed E-state index contributed by atoms with van der Waals surface area (Å²) in [7, 11) is 0. The molecule has 0 aromatic carbocycles. The summed E-state index contributed by atoms with van der Waals surface area (Å²) >= 11 is 0. The van der Waals surface area contributed by atoms with Crippen molar-refractivity contribution < 1.29 is 4.79 Å². The standard InChI is InChI=1S/C17H33N3O/c1-14-7-11-20(12-8-14)10-4-9-19-17(21)16-6-3-2-5-15(16)13-18/h14-16H,2-13,18H2,1H3,(H,19,21). The van der Waals surface area contributed by atoms with Gasteiger partial charge >= 0.3 is 0 Å². The van der Waals surface area contributed by atoms with Crippen LogP contribution in [-0.4, -0.2) is 43.5 Å². The Morgan fingerprint density at radius 1 is 1.19 bits per heavy atom. The van der Waals surface area contributed by atoms with Gasteiger partial charge in [-0.3, -0.25) is 4.79 Å². The summed E-state index contributed by atoms with van der Waals surface area (Å²) < 4.78 is 0. The molecule has 3 N–H and O–H groups in total. The maximum Gasteiger partial charge on any atom is 0.223 e. The van der Waals surface area contributed by atoms with Gasteiger partial charge in [0.05, 0.1) is 0 Å². The number of piperidine rings is 1. The van der Waals surface area contributed by atoms with Crippen LogP contribution < -0.4 is 11.1 Å². The van der Waals surface area contributed by atoms with Gasteiger partial charge in [-0.15, -0.1) is 0 Å². The number of carbonyl (C=O) groups excluding carboxylic acids is 1. The molecule has 1 heterocycles. The lowest BCUT2D eigenvalue weighted by Gasteiger charge is -2.31. The first-order chi connectivity index (χ1) is 10.2. The second-order valence-electron chi connectivity index (χ2n) is 7.06. The molecule has 2 aliphatic rings. The van der Waals surface area contributed by atoms with Gasteiger partial charge in [-0.05, 0) is 70.1 Å². The van der Waals surface area contributed by atoms with E-state index in [-0.39, 0.29) is 11.8 Å². The number of amides is 1. The third kappa shape index (κ3) is 5.26. The highest BCUT2D eigenvalue weighted by molar-refractivity contribution is 5.79. The van der Waals surface area contributed by atoms with Crippen LogP contribution in [0.2, 0.25) is 0 Å². The summed E-state index contributed by atoms with van der Waals surface area (Å²) in [6.07, 6.45) is 8.29. The molecule has 0 bridgehead atoms. The molecule has 0 aromatic heterocycles. The Hall–Kier alpha value is -0.610. The molecule has 2 rings (SSSR count). The van der Waals surface area contributed by atoms with E-state index in [0.29, 0.717) is 12.5 Å². The Morgan fingerprint density at radius 2 is 1.90 bits per heavy atom. The zero-order valence-electron chi connectivity index (χ0n) is 13.7. The molecule has 1 aliphatic carbocycles. The molecule has 122 valence electrons. The van der Waals surface area contributed by atoms with Gasteiger partial charge < -0.3 is 16.0 Å². The van der Waals surface area contributed by atoms with Crippen molar-refractivity contribution in [2.24, 2.45) is 23.5 Å². The summed E-state index contributed by atoms with van der Waals surface area (Å²) in [6, 6.07) is 0. The number of nitrogens with zero attached hydrogens (tertiary/aromatic N) is 1. The predicted octanol–water partition coefficient (Wildman–Crippen LogP) is 1.99. The normalized spacial score (nSPS) is 28.5. The lowest BCUT2D eigenvalue weighted by Crippen LogP contribution is -2.40. The molecular weight excluding hydrogens is 262 g/mol. The minimum Gasteiger partial charge on any atom is -0.356 e. The van der Waals surface area contributed by atoms with Gasteiger partial charge in [-0.2, -0.15) is 0 Å². The van der Waals surface area contributed by atoms with Crippen molar-refractivity contribution in [3.63, 3.8) is 0 Å². The monoisotopic (exact) mass is 295 g/mol. The first kappa shape index (κ1) is 16.8. The van der Waals surface area contributed by atoms with Gasteiger partial charge in [0.1, 0.15) is 0 Å². The first-order valence-electron chi connectivity index (χ1n) is 8.91. The Labute approximate surface area is 129 Å². The van der Waals surface area contributed by atoms with Crippen molar-refractivity contribution >= 4 is 5.91 Å². The largest absolute Gasteiger partial charge is 0.356 e. The number of rotatable bonds is 6. The van der Waals surface area contributed by atoms with Gasteiger partial charge in [0.2, 0.25) is 5.91 Å². The van der Waals surface area contributed by atoms with Gasteiger partial charge in [0.15, 0.2) is 0 Å². The van der Waals surface area contributed by atoms with Gasteiger partial charge in [-0.25, -0.2) is 0 Å². The molecule has 0 aromatic rings. The fourth-order valence-corrected chi connectivity index (χ4v) is 3.77. The lowest BCUT2D eigenvalue weighted by molar-refractivity contribution is -0.127. The van der Waals surface area contributed by atoms with Crippen molar-refractivity contribution in [3.8, 4) is 0 Å². The maximum absolute atomic E-state index is 12.3. The number of hydrogen-bond acceptors (Lipinski definition) is 3. The smallest absolute Gasteiger partial charge is 0.223 e. The first-order valence-corrected chi connectivity index (χ1v) is 8.91. The molecule has 1 saturated heterocycles. The Bertz CT molecular complexity index is 313. The van der Waals surface area contributed by atoms with Crippen LogP contribution in [0.4, 0.5) is 0 Å². The average molecular weight is 295 g/mol. The van der Waals surface area contributed by atoms with Crippen molar-refractivity contribution in [3.05, 3.63) is 0 Å². The van der Waals surface area contributed by atoms with Crippen LogP contribution in [0.5, 0.6) is 0 Å². The number of nitrogens with one attached hydrogen (secondary N) is 1. The minimum absolute atomic E-state index is 0.166. The molecule has 0 spiro atoms. The fraction of sp³-hybridized carbons (Fsp3) is 0.941. The molecule has 21 heavy (non-hydrogen) atoms. The third-order valence-electron chi connectivity index (χ3n) is 5.38. The van der Waals surface area contributed by atoms with E-state index in [9.17, 15) is 4.79 Å². The second kappa shape index (κ2) is 8.74. The van der Waals surface area contributed by atoms with E-state index < -0.39 is 0 Å². The van der Waals surface area contributed by atoms with Crippen LogP contribution in [0.3, 0.4) is 0 Å². The van der Waals surface area contributed by atoms with Crippen LogP contribution in [0.15, 0.2) is 0 Å². The van der Waals surface area contributed by atoms with E-state index >= 15 is 0 Å². The molecule has 1 aliphatic heterocycles. The number of hydrogen-bond donors (Lipinski definition) is 2. The van der Waals surface area contributed by atoms with Crippen LogP contribution in [0.25, 0.3) is 0 Å². The van der Waals surface area contributed by atoms with Crippen molar-refractivity contribution in [1.82, 2.24) is 10.2 Å². The van der Waals surface area contributed by atoms with E-state index in [1.165, 1.54) is 38.8 Å². The van der Waals surface area contributed by atoms with Crippen molar-refractivity contribution in [2.45, 2.75) is 51.9 Å². The van der Waals surface area contributed by atoms with Crippen molar-refractivity contribution in [1.29, 1.82) is 0 Å².